The molecule has 0 saturated carbocycles. The van der Waals surface area contributed by atoms with E-state index in [9.17, 15) is 13.2 Å². The van der Waals surface area contributed by atoms with Crippen LogP contribution >= 0.6 is 11.6 Å². The van der Waals surface area contributed by atoms with Crippen molar-refractivity contribution in [1.82, 2.24) is 19.8 Å². The number of sulfonamides is 1. The van der Waals surface area contributed by atoms with Gasteiger partial charge in [-0.1, -0.05) is 29.8 Å². The summed E-state index contributed by atoms with van der Waals surface area (Å²) in [5, 5.41) is 7.06. The Labute approximate surface area is 162 Å². The Morgan fingerprint density at radius 3 is 2.63 bits per heavy atom. The number of carbonyl (C=O) groups is 1. The lowest BCUT2D eigenvalue weighted by atomic mass is 10.2. The first-order chi connectivity index (χ1) is 12.9. The van der Waals surface area contributed by atoms with Gasteiger partial charge in [-0.15, -0.1) is 0 Å². The fraction of sp³-hybridized carbons (Fsp3) is 0.111. The molecule has 0 fully saturated rings. The number of aromatic nitrogens is 2. The van der Waals surface area contributed by atoms with E-state index in [0.717, 1.165) is 11.3 Å². The van der Waals surface area contributed by atoms with E-state index in [0.29, 0.717) is 0 Å². The summed E-state index contributed by atoms with van der Waals surface area (Å²) >= 11 is 5.94. The quantitative estimate of drug-likeness (QED) is 0.659. The molecule has 7 nitrogen and oxygen atoms in total. The van der Waals surface area contributed by atoms with Crippen LogP contribution in [0.15, 0.2) is 65.8 Å². The van der Waals surface area contributed by atoms with Crippen molar-refractivity contribution in [3.8, 4) is 5.69 Å². The first-order valence-corrected chi connectivity index (χ1v) is 9.87. The molecule has 0 unspecified atom stereocenters. The van der Waals surface area contributed by atoms with Gasteiger partial charge < -0.3 is 5.32 Å². The predicted molar refractivity (Wildman–Crippen MR) is 102 cm³/mol. The minimum absolute atomic E-state index is 0.0463. The second kappa shape index (κ2) is 7.91. The molecule has 0 spiro atoms. The van der Waals surface area contributed by atoms with E-state index in [4.69, 9.17) is 11.6 Å². The number of halogens is 1. The summed E-state index contributed by atoms with van der Waals surface area (Å²) in [6.45, 7) is 0.252. The van der Waals surface area contributed by atoms with Gasteiger partial charge in [0, 0.05) is 23.9 Å². The summed E-state index contributed by atoms with van der Waals surface area (Å²) in [6.07, 6.45) is 3.47. The largest absolute Gasteiger partial charge is 0.348 e. The summed E-state index contributed by atoms with van der Waals surface area (Å²) in [5.41, 5.74) is 1.92. The summed E-state index contributed by atoms with van der Waals surface area (Å²) in [4.78, 5) is 12.2. The van der Waals surface area contributed by atoms with Crippen LogP contribution in [0.25, 0.3) is 5.69 Å². The van der Waals surface area contributed by atoms with Gasteiger partial charge in [-0.3, -0.25) is 4.79 Å². The maximum atomic E-state index is 12.4. The minimum atomic E-state index is -3.75. The Balaban J connectivity index is 1.72. The van der Waals surface area contributed by atoms with Gasteiger partial charge in [0.15, 0.2) is 0 Å². The van der Waals surface area contributed by atoms with Crippen molar-refractivity contribution >= 4 is 27.5 Å². The molecule has 27 heavy (non-hydrogen) atoms. The van der Waals surface area contributed by atoms with Crippen molar-refractivity contribution in [3.05, 3.63) is 77.1 Å². The third-order valence-electron chi connectivity index (χ3n) is 3.86. The molecule has 2 aromatic carbocycles. The number of carbonyl (C=O) groups excluding carboxylic acids is 1. The first kappa shape index (κ1) is 19.1. The maximum Gasteiger partial charge on any atom is 0.251 e. The summed E-state index contributed by atoms with van der Waals surface area (Å²) in [7, 11) is -2.47. The lowest BCUT2D eigenvalue weighted by Gasteiger charge is -2.08. The van der Waals surface area contributed by atoms with Gasteiger partial charge in [0.2, 0.25) is 10.0 Å². The number of hydrogen-bond acceptors (Lipinski definition) is 4. The van der Waals surface area contributed by atoms with Crippen LogP contribution in [0, 0.1) is 0 Å². The standard InChI is InChI=1S/C18H17ClN4O3S/c1-20-27(25,26)17-9-14(7-8-16(17)19)18(24)21-10-13-11-22-23(12-13)15-5-3-2-4-6-15/h2-9,11-12,20H,10H2,1H3,(H,21,24). The van der Waals surface area contributed by atoms with E-state index < -0.39 is 15.9 Å². The van der Waals surface area contributed by atoms with Gasteiger partial charge in [-0.2, -0.15) is 5.10 Å². The van der Waals surface area contributed by atoms with Crippen LogP contribution in [0.5, 0.6) is 0 Å². The lowest BCUT2D eigenvalue weighted by Crippen LogP contribution is -2.24. The van der Waals surface area contributed by atoms with E-state index in [1.165, 1.54) is 25.2 Å². The third-order valence-corrected chi connectivity index (χ3v) is 5.76. The van der Waals surface area contributed by atoms with Gasteiger partial charge >= 0.3 is 0 Å². The van der Waals surface area contributed by atoms with Gasteiger partial charge in [0.1, 0.15) is 4.90 Å². The minimum Gasteiger partial charge on any atom is -0.348 e. The Bertz CT molecular complexity index is 1070. The van der Waals surface area contributed by atoms with Crippen LogP contribution in [0.3, 0.4) is 0 Å². The van der Waals surface area contributed by atoms with E-state index in [-0.39, 0.29) is 22.0 Å². The first-order valence-electron chi connectivity index (χ1n) is 8.01. The molecule has 140 valence electrons. The number of rotatable bonds is 6. The van der Waals surface area contributed by atoms with Crippen molar-refractivity contribution in [2.45, 2.75) is 11.4 Å². The van der Waals surface area contributed by atoms with Gasteiger partial charge in [-0.25, -0.2) is 17.8 Å². The normalized spacial score (nSPS) is 11.3. The highest BCUT2D eigenvalue weighted by atomic mass is 35.5. The fourth-order valence-corrected chi connectivity index (χ4v) is 3.67. The second-order valence-electron chi connectivity index (χ2n) is 5.66. The van der Waals surface area contributed by atoms with Gasteiger partial charge in [-0.05, 0) is 37.4 Å². The van der Waals surface area contributed by atoms with Crippen molar-refractivity contribution in [3.63, 3.8) is 0 Å². The van der Waals surface area contributed by atoms with Crippen molar-refractivity contribution in [2.24, 2.45) is 0 Å². The van der Waals surface area contributed by atoms with Crippen LogP contribution in [-0.4, -0.2) is 31.2 Å². The number of nitrogens with one attached hydrogen (secondary N) is 2. The van der Waals surface area contributed by atoms with Crippen molar-refractivity contribution < 1.29 is 13.2 Å². The van der Waals surface area contributed by atoms with E-state index >= 15 is 0 Å². The average Bonchev–Trinajstić information content (AvgIpc) is 3.16. The topological polar surface area (TPSA) is 93.1 Å². The summed E-state index contributed by atoms with van der Waals surface area (Å²) < 4.78 is 27.8. The zero-order valence-corrected chi connectivity index (χ0v) is 16.0. The molecular formula is C18H17ClN4O3S. The molecule has 0 bridgehead atoms. The SMILES string of the molecule is CNS(=O)(=O)c1cc(C(=O)NCc2cnn(-c3ccccc3)c2)ccc1Cl. The predicted octanol–water partition coefficient (Wildman–Crippen LogP) is 2.36. The number of benzene rings is 2. The highest BCUT2D eigenvalue weighted by molar-refractivity contribution is 7.89. The maximum absolute atomic E-state index is 12.4. The summed E-state index contributed by atoms with van der Waals surface area (Å²) in [5.74, 6) is -0.410. The fourth-order valence-electron chi connectivity index (χ4n) is 2.42. The molecule has 0 aliphatic heterocycles. The average molecular weight is 405 g/mol. The summed E-state index contributed by atoms with van der Waals surface area (Å²) in [6, 6.07) is 13.7. The molecule has 3 rings (SSSR count). The Morgan fingerprint density at radius 2 is 1.93 bits per heavy atom. The van der Waals surface area contributed by atoms with Crippen molar-refractivity contribution in [1.29, 1.82) is 0 Å². The molecule has 1 aromatic heterocycles. The smallest absolute Gasteiger partial charge is 0.251 e. The Hall–Kier alpha value is -2.68. The number of amides is 1. The molecule has 3 aromatic rings. The van der Waals surface area contributed by atoms with Crippen LogP contribution in [0.1, 0.15) is 15.9 Å². The number of nitrogens with zero attached hydrogens (tertiary/aromatic N) is 2. The van der Waals surface area contributed by atoms with E-state index in [2.05, 4.69) is 15.1 Å². The lowest BCUT2D eigenvalue weighted by molar-refractivity contribution is 0.0950. The molecule has 0 aliphatic carbocycles. The molecule has 0 atom stereocenters. The zero-order chi connectivity index (χ0) is 19.4. The van der Waals surface area contributed by atoms with Gasteiger partial charge in [0.25, 0.3) is 5.91 Å². The number of hydrogen-bond donors (Lipinski definition) is 2. The molecule has 2 N–H and O–H groups in total. The van der Waals surface area contributed by atoms with Crippen LogP contribution < -0.4 is 10.0 Å². The second-order valence-corrected chi connectivity index (χ2v) is 7.93. The Kier molecular flexibility index (Phi) is 5.59. The molecule has 1 amide bonds. The highest BCUT2D eigenvalue weighted by Crippen LogP contribution is 2.22. The molecule has 1 heterocycles. The molecule has 0 saturated heterocycles. The highest BCUT2D eigenvalue weighted by Gasteiger charge is 2.18. The monoisotopic (exact) mass is 404 g/mol. The van der Waals surface area contributed by atoms with Gasteiger partial charge in [0.05, 0.1) is 16.9 Å². The van der Waals surface area contributed by atoms with Crippen LogP contribution in [0.4, 0.5) is 0 Å². The van der Waals surface area contributed by atoms with Crippen LogP contribution in [0.2, 0.25) is 5.02 Å². The Morgan fingerprint density at radius 1 is 1.19 bits per heavy atom. The third kappa shape index (κ3) is 4.36. The zero-order valence-electron chi connectivity index (χ0n) is 14.4. The van der Waals surface area contributed by atoms with Crippen LogP contribution in [-0.2, 0) is 16.6 Å². The van der Waals surface area contributed by atoms with E-state index in [1.807, 2.05) is 36.5 Å². The number of para-hydroxylation sites is 1. The molecular weight excluding hydrogens is 388 g/mol. The molecule has 9 heteroatoms. The van der Waals surface area contributed by atoms with Crippen molar-refractivity contribution in [2.75, 3.05) is 7.05 Å². The molecule has 0 radical (unpaired) electrons. The molecule has 0 aliphatic rings. The van der Waals surface area contributed by atoms with E-state index in [1.54, 1.807) is 10.9 Å².